The first-order chi connectivity index (χ1) is 9.81. The Labute approximate surface area is 121 Å². The van der Waals surface area contributed by atoms with Gasteiger partial charge in [-0.3, -0.25) is 0 Å². The number of hydrogen-bond acceptors (Lipinski definition) is 3. The second-order valence-electron chi connectivity index (χ2n) is 5.40. The molecule has 2 rings (SSSR count). The van der Waals surface area contributed by atoms with Crippen LogP contribution in [0.15, 0.2) is 18.2 Å². The first kappa shape index (κ1) is 15.9. The molecule has 2 unspecified atom stereocenters. The summed E-state index contributed by atoms with van der Waals surface area (Å²) in [5.74, 6) is -0.815. The van der Waals surface area contributed by atoms with Gasteiger partial charge < -0.3 is 14.6 Å². The standard InChI is InChI=1S/C15H19F3O3/c1-20-11-6-3-7-12(21-2)13(11)14(19)8-4-5-10(9-14)15(16,17)18/h3,6-7,10,19H,4-5,8-9H2,1-2H3. The van der Waals surface area contributed by atoms with Gasteiger partial charge >= 0.3 is 6.18 Å². The average molecular weight is 304 g/mol. The third-order valence-electron chi connectivity index (χ3n) is 4.08. The fraction of sp³-hybridized carbons (Fsp3) is 0.600. The Morgan fingerprint density at radius 2 is 1.76 bits per heavy atom. The molecule has 1 N–H and O–H groups in total. The van der Waals surface area contributed by atoms with E-state index in [4.69, 9.17) is 9.47 Å². The van der Waals surface area contributed by atoms with Crippen molar-refractivity contribution in [3.63, 3.8) is 0 Å². The lowest BCUT2D eigenvalue weighted by Gasteiger charge is -2.39. The molecule has 1 aliphatic carbocycles. The molecular weight excluding hydrogens is 285 g/mol. The molecular formula is C15H19F3O3. The maximum atomic E-state index is 13.0. The van der Waals surface area contributed by atoms with Crippen molar-refractivity contribution in [1.29, 1.82) is 0 Å². The van der Waals surface area contributed by atoms with Crippen LogP contribution < -0.4 is 9.47 Å². The summed E-state index contributed by atoms with van der Waals surface area (Å²) in [5.41, 5.74) is -1.28. The maximum absolute atomic E-state index is 13.0. The molecule has 21 heavy (non-hydrogen) atoms. The normalized spacial score (nSPS) is 26.5. The number of hydrogen-bond donors (Lipinski definition) is 1. The molecule has 0 bridgehead atoms. The van der Waals surface area contributed by atoms with Crippen LogP contribution in [0.3, 0.4) is 0 Å². The van der Waals surface area contributed by atoms with E-state index in [1.807, 2.05) is 0 Å². The lowest BCUT2D eigenvalue weighted by molar-refractivity contribution is -0.202. The molecule has 1 fully saturated rings. The molecule has 1 aromatic rings. The van der Waals surface area contributed by atoms with Gasteiger partial charge in [0.25, 0.3) is 0 Å². The van der Waals surface area contributed by atoms with Crippen LogP contribution in [0.25, 0.3) is 0 Å². The molecule has 1 aromatic carbocycles. The minimum Gasteiger partial charge on any atom is -0.496 e. The van der Waals surface area contributed by atoms with Crippen LogP contribution in [-0.4, -0.2) is 25.5 Å². The van der Waals surface area contributed by atoms with Gasteiger partial charge in [0, 0.05) is 0 Å². The van der Waals surface area contributed by atoms with E-state index in [-0.39, 0.29) is 19.3 Å². The summed E-state index contributed by atoms with van der Waals surface area (Å²) in [4.78, 5) is 0. The summed E-state index contributed by atoms with van der Waals surface area (Å²) in [6, 6.07) is 4.91. The Balaban J connectivity index is 2.44. The highest BCUT2D eigenvalue weighted by molar-refractivity contribution is 5.49. The first-order valence-corrected chi connectivity index (χ1v) is 6.82. The molecule has 3 nitrogen and oxygen atoms in total. The molecule has 0 saturated heterocycles. The van der Waals surface area contributed by atoms with Gasteiger partial charge in [0.15, 0.2) is 0 Å². The summed E-state index contributed by atoms with van der Waals surface area (Å²) in [7, 11) is 2.84. The first-order valence-electron chi connectivity index (χ1n) is 6.82. The SMILES string of the molecule is COc1cccc(OC)c1C1(O)CCCC(C(F)(F)F)C1. The van der Waals surface area contributed by atoms with Crippen molar-refractivity contribution in [1.82, 2.24) is 0 Å². The molecule has 6 heteroatoms. The van der Waals surface area contributed by atoms with Crippen LogP contribution in [0.4, 0.5) is 13.2 Å². The largest absolute Gasteiger partial charge is 0.496 e. The molecule has 1 saturated carbocycles. The summed E-state index contributed by atoms with van der Waals surface area (Å²) < 4.78 is 49.4. The number of aliphatic hydroxyl groups is 1. The zero-order valence-electron chi connectivity index (χ0n) is 12.0. The Morgan fingerprint density at radius 3 is 2.24 bits per heavy atom. The second kappa shape index (κ2) is 5.75. The van der Waals surface area contributed by atoms with Crippen molar-refractivity contribution in [3.8, 4) is 11.5 Å². The van der Waals surface area contributed by atoms with Gasteiger partial charge in [0.2, 0.25) is 0 Å². The molecule has 0 heterocycles. The van der Waals surface area contributed by atoms with Crippen LogP contribution in [0.1, 0.15) is 31.2 Å². The molecule has 2 atom stereocenters. The highest BCUT2D eigenvalue weighted by Gasteiger charge is 2.49. The van der Waals surface area contributed by atoms with Gasteiger partial charge in [-0.1, -0.05) is 6.07 Å². The van der Waals surface area contributed by atoms with Crippen molar-refractivity contribution in [2.24, 2.45) is 5.92 Å². The van der Waals surface area contributed by atoms with E-state index in [1.165, 1.54) is 14.2 Å². The third-order valence-corrected chi connectivity index (χ3v) is 4.08. The van der Waals surface area contributed by atoms with E-state index >= 15 is 0 Å². The molecule has 0 amide bonds. The fourth-order valence-electron chi connectivity index (χ4n) is 3.07. The summed E-state index contributed by atoms with van der Waals surface area (Å²) in [6.07, 6.45) is -4.06. The highest BCUT2D eigenvalue weighted by atomic mass is 19.4. The van der Waals surface area contributed by atoms with Crippen LogP contribution in [-0.2, 0) is 5.60 Å². The quantitative estimate of drug-likeness (QED) is 0.926. The van der Waals surface area contributed by atoms with E-state index in [2.05, 4.69) is 0 Å². The number of methoxy groups -OCH3 is 2. The number of ether oxygens (including phenoxy) is 2. The minimum atomic E-state index is -4.30. The van der Waals surface area contributed by atoms with Crippen LogP contribution in [0.5, 0.6) is 11.5 Å². The molecule has 0 aliphatic heterocycles. The number of benzene rings is 1. The molecule has 118 valence electrons. The molecule has 0 radical (unpaired) electrons. The zero-order chi connectivity index (χ0) is 15.7. The number of rotatable bonds is 3. The Morgan fingerprint density at radius 1 is 1.19 bits per heavy atom. The maximum Gasteiger partial charge on any atom is 0.391 e. The topological polar surface area (TPSA) is 38.7 Å². The Hall–Kier alpha value is -1.43. The average Bonchev–Trinajstić information content (AvgIpc) is 2.45. The van der Waals surface area contributed by atoms with Gasteiger partial charge in [0.05, 0.1) is 31.3 Å². The van der Waals surface area contributed by atoms with Crippen LogP contribution in [0.2, 0.25) is 0 Å². The Bertz CT molecular complexity index is 479. The van der Waals surface area contributed by atoms with Gasteiger partial charge in [0.1, 0.15) is 11.5 Å². The molecule has 0 aromatic heterocycles. The van der Waals surface area contributed by atoms with Crippen molar-refractivity contribution in [2.45, 2.75) is 37.5 Å². The lowest BCUT2D eigenvalue weighted by atomic mass is 9.73. The predicted molar refractivity (Wildman–Crippen MR) is 71.5 cm³/mol. The molecule has 0 spiro atoms. The van der Waals surface area contributed by atoms with E-state index in [1.54, 1.807) is 18.2 Å². The third kappa shape index (κ3) is 3.10. The highest BCUT2D eigenvalue weighted by Crippen LogP contribution is 2.50. The van der Waals surface area contributed by atoms with Crippen molar-refractivity contribution in [2.75, 3.05) is 14.2 Å². The van der Waals surface area contributed by atoms with Gasteiger partial charge in [-0.05, 0) is 37.8 Å². The van der Waals surface area contributed by atoms with Crippen LogP contribution >= 0.6 is 0 Å². The zero-order valence-corrected chi connectivity index (χ0v) is 12.0. The van der Waals surface area contributed by atoms with E-state index < -0.39 is 17.7 Å². The summed E-state index contributed by atoms with van der Waals surface area (Å²) >= 11 is 0. The van der Waals surface area contributed by atoms with E-state index in [0.717, 1.165) is 0 Å². The second-order valence-corrected chi connectivity index (χ2v) is 5.40. The van der Waals surface area contributed by atoms with Crippen molar-refractivity contribution in [3.05, 3.63) is 23.8 Å². The van der Waals surface area contributed by atoms with Crippen LogP contribution in [0, 0.1) is 5.92 Å². The predicted octanol–water partition coefficient (Wildman–Crippen LogP) is 3.64. The van der Waals surface area contributed by atoms with Crippen molar-refractivity contribution < 1.29 is 27.8 Å². The van der Waals surface area contributed by atoms with E-state index in [0.29, 0.717) is 23.5 Å². The monoisotopic (exact) mass is 304 g/mol. The van der Waals surface area contributed by atoms with Gasteiger partial charge in [-0.15, -0.1) is 0 Å². The van der Waals surface area contributed by atoms with Gasteiger partial charge in [-0.25, -0.2) is 0 Å². The fourth-order valence-corrected chi connectivity index (χ4v) is 3.07. The van der Waals surface area contributed by atoms with E-state index in [9.17, 15) is 18.3 Å². The lowest BCUT2D eigenvalue weighted by Crippen LogP contribution is -2.38. The van der Waals surface area contributed by atoms with Gasteiger partial charge in [-0.2, -0.15) is 13.2 Å². The number of alkyl halides is 3. The number of halogens is 3. The summed E-state index contributed by atoms with van der Waals surface area (Å²) in [5, 5.41) is 10.8. The smallest absolute Gasteiger partial charge is 0.391 e. The molecule has 1 aliphatic rings. The minimum absolute atomic E-state index is 0.0449. The summed E-state index contributed by atoms with van der Waals surface area (Å²) in [6.45, 7) is 0. The Kier molecular flexibility index (Phi) is 4.37. The van der Waals surface area contributed by atoms with Crippen molar-refractivity contribution >= 4 is 0 Å².